The third kappa shape index (κ3) is 10.2. The van der Waals surface area contributed by atoms with Crippen molar-refractivity contribution in [1.29, 1.82) is 0 Å². The lowest BCUT2D eigenvalue weighted by atomic mass is 9.90. The van der Waals surface area contributed by atoms with Crippen molar-refractivity contribution in [3.05, 3.63) is 35.9 Å². The molecule has 9 nitrogen and oxygen atoms in total. The van der Waals surface area contributed by atoms with E-state index < -0.39 is 23.8 Å². The van der Waals surface area contributed by atoms with Crippen molar-refractivity contribution in [2.45, 2.75) is 96.0 Å². The minimum Gasteiger partial charge on any atom is -0.444 e. The second-order valence-electron chi connectivity index (χ2n) is 12.6. The summed E-state index contributed by atoms with van der Waals surface area (Å²) in [6.07, 6.45) is 7.20. The predicted molar refractivity (Wildman–Crippen MR) is 161 cm³/mol. The Morgan fingerprint density at radius 2 is 1.73 bits per heavy atom. The van der Waals surface area contributed by atoms with Crippen LogP contribution >= 0.6 is 11.8 Å². The molecule has 3 amide bonds. The van der Waals surface area contributed by atoms with Crippen LogP contribution in [0.4, 0.5) is 4.79 Å². The standard InChI is InChI=1S/C31H48N4O5S/c1-31(2,3)40-30(38)35-22-41-21-27(35)29(37)33-26(20-39-19-24-12-8-5-9-13-24)28(36)32-25-14-16-34(17-15-25)18-23-10-6-4-7-11-23/h4,6-7,10-11,24-27H,5,8-9,12-22H2,1-3H3,(H,32,36)(H,33,37). The highest BCUT2D eigenvalue weighted by Crippen LogP contribution is 2.25. The summed E-state index contributed by atoms with van der Waals surface area (Å²) in [5.41, 5.74) is 0.635. The Balaban J connectivity index is 1.32. The van der Waals surface area contributed by atoms with Crippen molar-refractivity contribution in [3.63, 3.8) is 0 Å². The van der Waals surface area contributed by atoms with E-state index >= 15 is 0 Å². The van der Waals surface area contributed by atoms with Crippen LogP contribution in [-0.2, 0) is 25.6 Å². The zero-order valence-corrected chi connectivity index (χ0v) is 25.8. The summed E-state index contributed by atoms with van der Waals surface area (Å²) in [5, 5.41) is 6.11. The fourth-order valence-electron chi connectivity index (χ4n) is 5.70. The summed E-state index contributed by atoms with van der Waals surface area (Å²) in [4.78, 5) is 43.5. The number of ether oxygens (including phenoxy) is 2. The fraction of sp³-hybridized carbons (Fsp3) is 0.710. The Morgan fingerprint density at radius 1 is 1.02 bits per heavy atom. The molecule has 41 heavy (non-hydrogen) atoms. The molecular weight excluding hydrogens is 540 g/mol. The van der Waals surface area contributed by atoms with Crippen LogP contribution in [0.1, 0.15) is 71.3 Å². The van der Waals surface area contributed by atoms with Gasteiger partial charge in [-0.1, -0.05) is 49.6 Å². The van der Waals surface area contributed by atoms with Crippen LogP contribution in [0.2, 0.25) is 0 Å². The van der Waals surface area contributed by atoms with Crippen LogP contribution in [0.15, 0.2) is 30.3 Å². The number of thioether (sulfide) groups is 1. The molecule has 2 unspecified atom stereocenters. The molecule has 1 aliphatic carbocycles. The lowest BCUT2D eigenvalue weighted by Gasteiger charge is -2.33. The minimum atomic E-state index is -0.820. The molecule has 2 N–H and O–H groups in total. The minimum absolute atomic E-state index is 0.0487. The smallest absolute Gasteiger partial charge is 0.411 e. The average Bonchev–Trinajstić information content (AvgIpc) is 3.44. The van der Waals surface area contributed by atoms with Crippen molar-refractivity contribution < 1.29 is 23.9 Å². The number of carbonyl (C=O) groups is 3. The van der Waals surface area contributed by atoms with E-state index in [0.29, 0.717) is 24.2 Å². The summed E-state index contributed by atoms with van der Waals surface area (Å²) in [6.45, 7) is 8.84. The fourth-order valence-corrected chi connectivity index (χ4v) is 6.84. The Hall–Kier alpha value is -2.30. The SMILES string of the molecule is CC(C)(C)OC(=O)N1CSCC1C(=O)NC(COCC1CCCCC1)C(=O)NC1CCN(Cc2ccccc2)CC1. The summed E-state index contributed by atoms with van der Waals surface area (Å²) < 4.78 is 11.6. The maximum Gasteiger partial charge on any atom is 0.411 e. The van der Waals surface area contributed by atoms with Gasteiger partial charge in [0.15, 0.2) is 0 Å². The number of carbonyl (C=O) groups excluding carboxylic acids is 3. The highest BCUT2D eigenvalue weighted by molar-refractivity contribution is 7.99. The van der Waals surface area contributed by atoms with Crippen molar-refractivity contribution >= 4 is 29.7 Å². The van der Waals surface area contributed by atoms with Gasteiger partial charge in [0.05, 0.1) is 12.5 Å². The van der Waals surface area contributed by atoms with Gasteiger partial charge in [-0.15, -0.1) is 11.8 Å². The molecule has 10 heteroatoms. The largest absolute Gasteiger partial charge is 0.444 e. The number of benzene rings is 1. The molecule has 1 aromatic rings. The maximum absolute atomic E-state index is 13.5. The molecule has 0 radical (unpaired) electrons. The molecule has 2 atom stereocenters. The van der Waals surface area contributed by atoms with Crippen LogP contribution in [0.3, 0.4) is 0 Å². The van der Waals surface area contributed by atoms with E-state index in [1.54, 1.807) is 20.8 Å². The lowest BCUT2D eigenvalue weighted by molar-refractivity contribution is -0.133. The van der Waals surface area contributed by atoms with Gasteiger partial charge in [0.2, 0.25) is 11.8 Å². The van der Waals surface area contributed by atoms with Crippen molar-refractivity contribution in [3.8, 4) is 0 Å². The van der Waals surface area contributed by atoms with E-state index in [0.717, 1.165) is 45.3 Å². The van der Waals surface area contributed by atoms with Gasteiger partial charge in [-0.25, -0.2) is 4.79 Å². The van der Waals surface area contributed by atoms with Crippen molar-refractivity contribution in [2.24, 2.45) is 5.92 Å². The Kier molecular flexibility index (Phi) is 11.8. The summed E-state index contributed by atoms with van der Waals surface area (Å²) in [7, 11) is 0. The number of piperidine rings is 1. The monoisotopic (exact) mass is 588 g/mol. The first-order valence-corrected chi connectivity index (χ1v) is 16.4. The lowest BCUT2D eigenvalue weighted by Crippen LogP contribution is -2.57. The van der Waals surface area contributed by atoms with E-state index in [-0.39, 0.29) is 24.5 Å². The number of rotatable bonds is 10. The van der Waals surface area contributed by atoms with E-state index in [2.05, 4.69) is 39.8 Å². The van der Waals surface area contributed by atoms with Crippen LogP contribution < -0.4 is 10.6 Å². The molecule has 0 aromatic heterocycles. The molecule has 2 saturated heterocycles. The first kappa shape index (κ1) is 31.6. The molecule has 3 aliphatic rings. The van der Waals surface area contributed by atoms with Gasteiger partial charge in [-0.05, 0) is 57.9 Å². The Bertz CT molecular complexity index is 990. The highest BCUT2D eigenvalue weighted by atomic mass is 32.2. The van der Waals surface area contributed by atoms with Gasteiger partial charge in [0.1, 0.15) is 17.7 Å². The number of amides is 3. The Morgan fingerprint density at radius 3 is 2.41 bits per heavy atom. The second-order valence-corrected chi connectivity index (χ2v) is 13.6. The van der Waals surface area contributed by atoms with E-state index in [4.69, 9.17) is 9.47 Å². The quantitative estimate of drug-likeness (QED) is 0.424. The second kappa shape index (κ2) is 15.3. The van der Waals surface area contributed by atoms with Gasteiger partial charge < -0.3 is 20.1 Å². The Labute approximate surface area is 249 Å². The number of hydrogen-bond donors (Lipinski definition) is 2. The normalized spacial score (nSPS) is 21.8. The topological polar surface area (TPSA) is 100 Å². The number of hydrogen-bond acceptors (Lipinski definition) is 7. The van der Waals surface area contributed by atoms with Gasteiger partial charge in [-0.2, -0.15) is 0 Å². The predicted octanol–water partition coefficient (Wildman–Crippen LogP) is 4.16. The number of likely N-dealkylation sites (tertiary alicyclic amines) is 1. The van der Waals surface area contributed by atoms with Crippen LogP contribution in [0.25, 0.3) is 0 Å². The van der Waals surface area contributed by atoms with Gasteiger partial charge >= 0.3 is 6.09 Å². The zero-order valence-electron chi connectivity index (χ0n) is 24.9. The molecule has 4 rings (SSSR count). The van der Waals surface area contributed by atoms with Gasteiger partial charge in [0.25, 0.3) is 0 Å². The molecule has 0 spiro atoms. The molecule has 3 fully saturated rings. The highest BCUT2D eigenvalue weighted by Gasteiger charge is 2.39. The molecular formula is C31H48N4O5S. The first-order valence-electron chi connectivity index (χ1n) is 15.2. The van der Waals surface area contributed by atoms with Crippen LogP contribution in [0, 0.1) is 5.92 Å². The maximum atomic E-state index is 13.5. The summed E-state index contributed by atoms with van der Waals surface area (Å²) >= 11 is 1.50. The molecule has 1 aromatic carbocycles. The van der Waals surface area contributed by atoms with Gasteiger partial charge in [-0.3, -0.25) is 19.4 Å². The van der Waals surface area contributed by atoms with Crippen LogP contribution in [-0.4, -0.2) is 89.4 Å². The number of nitrogens with zero attached hydrogens (tertiary/aromatic N) is 2. The summed E-state index contributed by atoms with van der Waals surface area (Å²) in [6, 6.07) is 8.97. The number of nitrogens with one attached hydrogen (secondary N) is 2. The molecule has 228 valence electrons. The summed E-state index contributed by atoms with van der Waals surface area (Å²) in [5.74, 6) is 0.773. The third-order valence-electron chi connectivity index (χ3n) is 7.99. The first-order chi connectivity index (χ1) is 19.7. The molecule has 2 aliphatic heterocycles. The third-order valence-corrected chi connectivity index (χ3v) is 9.00. The van der Waals surface area contributed by atoms with E-state index in [9.17, 15) is 14.4 Å². The zero-order chi connectivity index (χ0) is 29.2. The molecule has 0 bridgehead atoms. The van der Waals surface area contributed by atoms with E-state index in [1.165, 1.54) is 41.5 Å². The van der Waals surface area contributed by atoms with Crippen molar-refractivity contribution in [1.82, 2.24) is 20.4 Å². The average molecular weight is 589 g/mol. The van der Waals surface area contributed by atoms with Crippen LogP contribution in [0.5, 0.6) is 0 Å². The van der Waals surface area contributed by atoms with E-state index in [1.807, 2.05) is 6.07 Å². The molecule has 2 heterocycles. The molecule has 1 saturated carbocycles. The van der Waals surface area contributed by atoms with Crippen molar-refractivity contribution in [2.75, 3.05) is 37.9 Å². The van der Waals surface area contributed by atoms with Gasteiger partial charge in [0, 0.05) is 38.0 Å².